The molecule has 1 aliphatic rings. The molecule has 1 saturated carbocycles. The predicted octanol–water partition coefficient (Wildman–Crippen LogP) is 5.58. The Balaban J connectivity index is 2.62. The Bertz CT molecular complexity index is 371. The molecule has 0 spiro atoms. The third kappa shape index (κ3) is 5.01. The van der Waals surface area contributed by atoms with Crippen LogP contribution in [0.3, 0.4) is 0 Å². The molecule has 1 aliphatic carbocycles. The monoisotopic (exact) mass is 292 g/mol. The number of ketones is 1. The van der Waals surface area contributed by atoms with Gasteiger partial charge in [-0.1, -0.05) is 46.3 Å². The molecule has 0 radical (unpaired) electrons. The lowest BCUT2D eigenvalue weighted by Gasteiger charge is -2.42. The molecule has 2 nitrogen and oxygen atoms in total. The van der Waals surface area contributed by atoms with Crippen molar-refractivity contribution < 1.29 is 9.53 Å². The predicted molar refractivity (Wildman–Crippen MR) is 89.2 cm³/mol. The van der Waals surface area contributed by atoms with Crippen LogP contribution >= 0.6 is 0 Å². The van der Waals surface area contributed by atoms with Gasteiger partial charge in [-0.2, -0.15) is 0 Å². The van der Waals surface area contributed by atoms with E-state index in [1.807, 2.05) is 0 Å². The Hall–Kier alpha value is -1.05. The van der Waals surface area contributed by atoms with Crippen LogP contribution in [0.4, 0.5) is 0 Å². The number of ether oxygens (including phenoxy) is 1. The van der Waals surface area contributed by atoms with Crippen LogP contribution in [0.2, 0.25) is 0 Å². The molecule has 0 amide bonds. The Kier molecular flexibility index (Phi) is 7.21. The van der Waals surface area contributed by atoms with E-state index in [2.05, 4.69) is 27.0 Å². The van der Waals surface area contributed by atoms with Crippen LogP contribution in [0.25, 0.3) is 0 Å². The Morgan fingerprint density at radius 1 is 1.10 bits per heavy atom. The van der Waals surface area contributed by atoms with Gasteiger partial charge in [0.15, 0.2) is 5.78 Å². The fraction of sp³-hybridized carbons (Fsp3) is 0.737. The van der Waals surface area contributed by atoms with Crippen molar-refractivity contribution in [2.75, 3.05) is 0 Å². The van der Waals surface area contributed by atoms with Crippen molar-refractivity contribution in [3.63, 3.8) is 0 Å². The lowest BCUT2D eigenvalue weighted by Crippen LogP contribution is -2.40. The van der Waals surface area contributed by atoms with Gasteiger partial charge in [0.1, 0.15) is 5.60 Å². The summed E-state index contributed by atoms with van der Waals surface area (Å²) in [6, 6.07) is 0. The fourth-order valence-electron chi connectivity index (χ4n) is 3.49. The second-order valence-corrected chi connectivity index (χ2v) is 6.45. The summed E-state index contributed by atoms with van der Waals surface area (Å²) in [5.74, 6) is 1.50. The van der Waals surface area contributed by atoms with E-state index in [4.69, 9.17) is 4.74 Å². The topological polar surface area (TPSA) is 26.3 Å². The van der Waals surface area contributed by atoms with E-state index in [0.29, 0.717) is 24.3 Å². The number of carbonyl (C=O) groups is 1. The van der Waals surface area contributed by atoms with Crippen molar-refractivity contribution in [2.45, 2.75) is 84.2 Å². The highest BCUT2D eigenvalue weighted by Crippen LogP contribution is 2.41. The van der Waals surface area contributed by atoms with Gasteiger partial charge in [-0.05, 0) is 44.1 Å². The summed E-state index contributed by atoms with van der Waals surface area (Å²) in [7, 11) is 0. The molecule has 120 valence electrons. The van der Waals surface area contributed by atoms with Gasteiger partial charge in [0.05, 0.1) is 5.76 Å². The molecule has 0 aromatic rings. The highest BCUT2D eigenvalue weighted by molar-refractivity contribution is 5.94. The zero-order chi connectivity index (χ0) is 15.9. The minimum Gasteiger partial charge on any atom is -0.492 e. The van der Waals surface area contributed by atoms with Crippen LogP contribution in [0.5, 0.6) is 0 Å². The van der Waals surface area contributed by atoms with Crippen LogP contribution in [-0.4, -0.2) is 11.4 Å². The van der Waals surface area contributed by atoms with Gasteiger partial charge >= 0.3 is 0 Å². The maximum absolute atomic E-state index is 11.7. The SMILES string of the molecule is C=C(CCC(=O)C(=C)C)OC(CC)(CC)C1CCCCC1. The summed E-state index contributed by atoms with van der Waals surface area (Å²) >= 11 is 0. The smallest absolute Gasteiger partial charge is 0.158 e. The van der Waals surface area contributed by atoms with E-state index in [9.17, 15) is 4.79 Å². The molecule has 0 aliphatic heterocycles. The van der Waals surface area contributed by atoms with Crippen molar-refractivity contribution >= 4 is 5.78 Å². The van der Waals surface area contributed by atoms with Crippen molar-refractivity contribution in [1.82, 2.24) is 0 Å². The van der Waals surface area contributed by atoms with Crippen LogP contribution in [0, 0.1) is 5.92 Å². The number of rotatable bonds is 9. The molecular formula is C19H32O2. The summed E-state index contributed by atoms with van der Waals surface area (Å²) in [5.41, 5.74) is 0.538. The zero-order valence-corrected chi connectivity index (χ0v) is 14.2. The van der Waals surface area contributed by atoms with Crippen LogP contribution in [0.1, 0.15) is 78.6 Å². The first-order chi connectivity index (χ1) is 9.95. The van der Waals surface area contributed by atoms with Gasteiger partial charge in [0.25, 0.3) is 0 Å². The Morgan fingerprint density at radius 3 is 2.14 bits per heavy atom. The molecule has 0 unspecified atom stereocenters. The van der Waals surface area contributed by atoms with Crippen molar-refractivity contribution in [3.8, 4) is 0 Å². The molecule has 0 bridgehead atoms. The van der Waals surface area contributed by atoms with Crippen molar-refractivity contribution in [3.05, 3.63) is 24.5 Å². The summed E-state index contributed by atoms with van der Waals surface area (Å²) in [6.07, 6.45) is 9.62. The quantitative estimate of drug-likeness (QED) is 0.409. The van der Waals surface area contributed by atoms with E-state index >= 15 is 0 Å². The Labute approximate surface area is 130 Å². The molecule has 0 saturated heterocycles. The minimum atomic E-state index is -0.0796. The van der Waals surface area contributed by atoms with Gasteiger partial charge in [0, 0.05) is 12.8 Å². The average Bonchev–Trinajstić information content (AvgIpc) is 2.51. The minimum absolute atomic E-state index is 0.0796. The third-order valence-electron chi connectivity index (χ3n) is 5.00. The lowest BCUT2D eigenvalue weighted by molar-refractivity contribution is -0.116. The molecule has 1 fully saturated rings. The highest BCUT2D eigenvalue weighted by Gasteiger charge is 2.38. The number of hydrogen-bond donors (Lipinski definition) is 0. The molecule has 1 rings (SSSR count). The van der Waals surface area contributed by atoms with Crippen LogP contribution in [-0.2, 0) is 9.53 Å². The first-order valence-corrected chi connectivity index (χ1v) is 8.50. The fourth-order valence-corrected chi connectivity index (χ4v) is 3.49. The lowest BCUT2D eigenvalue weighted by atomic mass is 9.74. The first-order valence-electron chi connectivity index (χ1n) is 8.50. The molecule has 0 atom stereocenters. The number of allylic oxidation sites excluding steroid dienone is 2. The second kappa shape index (κ2) is 8.41. The van der Waals surface area contributed by atoms with Gasteiger partial charge in [-0.25, -0.2) is 0 Å². The maximum Gasteiger partial charge on any atom is 0.158 e. The van der Waals surface area contributed by atoms with E-state index in [0.717, 1.165) is 18.6 Å². The van der Waals surface area contributed by atoms with Crippen molar-refractivity contribution in [2.24, 2.45) is 5.92 Å². The highest BCUT2D eigenvalue weighted by atomic mass is 16.5. The third-order valence-corrected chi connectivity index (χ3v) is 5.00. The zero-order valence-electron chi connectivity index (χ0n) is 14.2. The number of hydrogen-bond acceptors (Lipinski definition) is 2. The standard InChI is InChI=1S/C19H32O2/c1-6-19(7-2,17-11-9-8-10-12-17)21-16(5)13-14-18(20)15(3)4/h17H,3,5-14H2,1-2,4H3. The normalized spacial score (nSPS) is 16.5. The van der Waals surface area contributed by atoms with E-state index in [-0.39, 0.29) is 11.4 Å². The molecule has 21 heavy (non-hydrogen) atoms. The second-order valence-electron chi connectivity index (χ2n) is 6.45. The summed E-state index contributed by atoms with van der Waals surface area (Å²) < 4.78 is 6.33. The maximum atomic E-state index is 11.7. The number of Topliss-reactive ketones (excluding diaryl/α,β-unsaturated/α-hetero) is 1. The van der Waals surface area contributed by atoms with Gasteiger partial charge in [0.2, 0.25) is 0 Å². The van der Waals surface area contributed by atoms with E-state index in [1.54, 1.807) is 6.92 Å². The van der Waals surface area contributed by atoms with Gasteiger partial charge < -0.3 is 4.74 Å². The molecular weight excluding hydrogens is 260 g/mol. The van der Waals surface area contributed by atoms with Gasteiger partial charge in [-0.3, -0.25) is 4.79 Å². The van der Waals surface area contributed by atoms with E-state index < -0.39 is 0 Å². The first kappa shape index (κ1) is 18.0. The molecule has 0 aromatic carbocycles. The largest absolute Gasteiger partial charge is 0.492 e. The van der Waals surface area contributed by atoms with E-state index in [1.165, 1.54) is 32.1 Å². The summed E-state index contributed by atoms with van der Waals surface area (Å²) in [5, 5.41) is 0. The average molecular weight is 292 g/mol. The van der Waals surface area contributed by atoms with Crippen LogP contribution in [0.15, 0.2) is 24.5 Å². The molecule has 0 heterocycles. The molecule has 0 N–H and O–H groups in total. The summed E-state index contributed by atoms with van der Waals surface area (Å²) in [4.78, 5) is 11.7. The van der Waals surface area contributed by atoms with Crippen LogP contribution < -0.4 is 0 Å². The molecule has 2 heteroatoms. The molecule has 0 aromatic heterocycles. The van der Waals surface area contributed by atoms with Gasteiger partial charge in [-0.15, -0.1) is 0 Å². The Morgan fingerprint density at radius 2 is 1.67 bits per heavy atom. The van der Waals surface area contributed by atoms with Crippen molar-refractivity contribution in [1.29, 1.82) is 0 Å². The summed E-state index contributed by atoms with van der Waals surface area (Å²) in [6.45, 7) is 13.9. The number of carbonyl (C=O) groups excluding carboxylic acids is 1.